The van der Waals surface area contributed by atoms with E-state index in [1.54, 1.807) is 19.1 Å². The van der Waals surface area contributed by atoms with Crippen LogP contribution in [-0.4, -0.2) is 30.4 Å². The SMILES string of the molecule is CCOc1cccc(NC(=O)NCCC(C)O)c1. The van der Waals surface area contributed by atoms with Crippen LogP contribution >= 0.6 is 0 Å². The van der Waals surface area contributed by atoms with Gasteiger partial charge in [0.2, 0.25) is 0 Å². The molecule has 1 aromatic rings. The Balaban J connectivity index is 2.41. The van der Waals surface area contributed by atoms with Gasteiger partial charge in [0, 0.05) is 18.3 Å². The quantitative estimate of drug-likeness (QED) is 0.725. The van der Waals surface area contributed by atoms with Gasteiger partial charge < -0.3 is 20.5 Å². The Morgan fingerprint density at radius 2 is 2.28 bits per heavy atom. The van der Waals surface area contributed by atoms with Gasteiger partial charge in [0.15, 0.2) is 0 Å². The van der Waals surface area contributed by atoms with Crippen molar-refractivity contribution in [1.29, 1.82) is 0 Å². The lowest BCUT2D eigenvalue weighted by Crippen LogP contribution is -2.30. The zero-order valence-corrected chi connectivity index (χ0v) is 10.8. The molecule has 0 bridgehead atoms. The molecule has 0 aromatic heterocycles. The molecule has 0 saturated heterocycles. The molecule has 0 radical (unpaired) electrons. The maximum Gasteiger partial charge on any atom is 0.319 e. The number of urea groups is 1. The number of aliphatic hydroxyl groups is 1. The average molecular weight is 252 g/mol. The number of carbonyl (C=O) groups is 1. The maximum atomic E-state index is 11.5. The highest BCUT2D eigenvalue weighted by Crippen LogP contribution is 2.16. The van der Waals surface area contributed by atoms with Crippen LogP contribution in [0.2, 0.25) is 0 Å². The highest BCUT2D eigenvalue weighted by atomic mass is 16.5. The van der Waals surface area contributed by atoms with E-state index in [2.05, 4.69) is 10.6 Å². The molecule has 1 aromatic carbocycles. The zero-order chi connectivity index (χ0) is 13.4. The van der Waals surface area contributed by atoms with Crippen molar-refractivity contribution in [3.05, 3.63) is 24.3 Å². The first-order valence-electron chi connectivity index (χ1n) is 6.07. The largest absolute Gasteiger partial charge is 0.494 e. The summed E-state index contributed by atoms with van der Waals surface area (Å²) < 4.78 is 5.34. The number of anilines is 1. The number of amides is 2. The van der Waals surface area contributed by atoms with Crippen LogP contribution in [-0.2, 0) is 0 Å². The third kappa shape index (κ3) is 5.54. The summed E-state index contributed by atoms with van der Waals surface area (Å²) >= 11 is 0. The van der Waals surface area contributed by atoms with E-state index in [9.17, 15) is 4.79 Å². The van der Waals surface area contributed by atoms with Crippen LogP contribution in [0.15, 0.2) is 24.3 Å². The number of benzene rings is 1. The predicted molar refractivity (Wildman–Crippen MR) is 70.9 cm³/mol. The van der Waals surface area contributed by atoms with Gasteiger partial charge in [0.05, 0.1) is 12.7 Å². The van der Waals surface area contributed by atoms with Gasteiger partial charge in [-0.2, -0.15) is 0 Å². The van der Waals surface area contributed by atoms with E-state index < -0.39 is 6.10 Å². The fourth-order valence-corrected chi connectivity index (χ4v) is 1.40. The summed E-state index contributed by atoms with van der Waals surface area (Å²) in [6.45, 7) is 4.62. The summed E-state index contributed by atoms with van der Waals surface area (Å²) in [7, 11) is 0. The normalized spacial score (nSPS) is 11.7. The summed E-state index contributed by atoms with van der Waals surface area (Å²) in [5.74, 6) is 0.722. The van der Waals surface area contributed by atoms with Crippen molar-refractivity contribution in [3.8, 4) is 5.75 Å². The number of aliphatic hydroxyl groups excluding tert-OH is 1. The first-order valence-corrected chi connectivity index (χ1v) is 6.07. The number of nitrogens with one attached hydrogen (secondary N) is 2. The standard InChI is InChI=1S/C13H20N2O3/c1-3-18-12-6-4-5-11(9-12)15-13(17)14-8-7-10(2)16/h4-6,9-10,16H,3,7-8H2,1-2H3,(H2,14,15,17). The van der Waals surface area contributed by atoms with E-state index >= 15 is 0 Å². The molecular formula is C13H20N2O3. The van der Waals surface area contributed by atoms with Crippen molar-refractivity contribution in [2.75, 3.05) is 18.5 Å². The lowest BCUT2D eigenvalue weighted by molar-refractivity contribution is 0.184. The lowest BCUT2D eigenvalue weighted by atomic mass is 10.3. The van der Waals surface area contributed by atoms with E-state index in [0.717, 1.165) is 5.75 Å². The molecule has 5 nitrogen and oxygen atoms in total. The molecule has 3 N–H and O–H groups in total. The number of hydrogen-bond donors (Lipinski definition) is 3. The van der Waals surface area contributed by atoms with Crippen molar-refractivity contribution in [2.24, 2.45) is 0 Å². The van der Waals surface area contributed by atoms with Crippen LogP contribution in [0.1, 0.15) is 20.3 Å². The van der Waals surface area contributed by atoms with Gasteiger partial charge in [-0.15, -0.1) is 0 Å². The molecular weight excluding hydrogens is 232 g/mol. The fraction of sp³-hybridized carbons (Fsp3) is 0.462. The molecule has 100 valence electrons. The Morgan fingerprint density at radius 1 is 1.50 bits per heavy atom. The molecule has 1 unspecified atom stereocenters. The Labute approximate surface area is 107 Å². The third-order valence-electron chi connectivity index (χ3n) is 2.25. The summed E-state index contributed by atoms with van der Waals surface area (Å²) in [6, 6.07) is 6.91. The first kappa shape index (κ1) is 14.3. The van der Waals surface area contributed by atoms with Crippen molar-refractivity contribution >= 4 is 11.7 Å². The second kappa shape index (κ2) is 7.55. The topological polar surface area (TPSA) is 70.6 Å². The van der Waals surface area contributed by atoms with Crippen LogP contribution in [0.25, 0.3) is 0 Å². The molecule has 0 heterocycles. The third-order valence-corrected chi connectivity index (χ3v) is 2.25. The van der Waals surface area contributed by atoms with Gasteiger partial charge in [0.25, 0.3) is 0 Å². The van der Waals surface area contributed by atoms with Gasteiger partial charge in [-0.25, -0.2) is 4.79 Å². The Bertz CT molecular complexity index is 380. The Morgan fingerprint density at radius 3 is 2.94 bits per heavy atom. The average Bonchev–Trinajstić information content (AvgIpc) is 2.29. The van der Waals surface area contributed by atoms with Gasteiger partial charge in [-0.05, 0) is 32.4 Å². The van der Waals surface area contributed by atoms with Crippen LogP contribution in [0, 0.1) is 0 Å². The molecule has 0 aliphatic carbocycles. The lowest BCUT2D eigenvalue weighted by Gasteiger charge is -2.10. The minimum atomic E-state index is -0.411. The molecule has 0 aliphatic rings. The van der Waals surface area contributed by atoms with Crippen LogP contribution < -0.4 is 15.4 Å². The molecule has 5 heteroatoms. The zero-order valence-electron chi connectivity index (χ0n) is 10.8. The van der Waals surface area contributed by atoms with Gasteiger partial charge in [0.1, 0.15) is 5.75 Å². The maximum absolute atomic E-state index is 11.5. The van der Waals surface area contributed by atoms with Crippen LogP contribution in [0.5, 0.6) is 5.75 Å². The number of rotatable bonds is 6. The monoisotopic (exact) mass is 252 g/mol. The molecule has 1 atom stereocenters. The smallest absolute Gasteiger partial charge is 0.319 e. The molecule has 0 saturated carbocycles. The highest BCUT2D eigenvalue weighted by molar-refractivity contribution is 5.89. The summed E-state index contributed by atoms with van der Waals surface area (Å²) in [5, 5.41) is 14.4. The molecule has 0 fully saturated rings. The van der Waals surface area contributed by atoms with Crippen molar-refractivity contribution in [3.63, 3.8) is 0 Å². The van der Waals surface area contributed by atoms with Gasteiger partial charge >= 0.3 is 6.03 Å². The summed E-state index contributed by atoms with van der Waals surface area (Å²) in [5.41, 5.74) is 0.676. The number of hydrogen-bond acceptors (Lipinski definition) is 3. The highest BCUT2D eigenvalue weighted by Gasteiger charge is 2.03. The molecule has 0 spiro atoms. The van der Waals surface area contributed by atoms with Crippen molar-refractivity contribution in [1.82, 2.24) is 5.32 Å². The van der Waals surface area contributed by atoms with Crippen LogP contribution in [0.3, 0.4) is 0 Å². The Kier molecular flexibility index (Phi) is 6.00. The van der Waals surface area contributed by atoms with Gasteiger partial charge in [-0.3, -0.25) is 0 Å². The fourth-order valence-electron chi connectivity index (χ4n) is 1.40. The summed E-state index contributed by atoms with van der Waals surface area (Å²) in [6.07, 6.45) is 0.124. The second-order valence-corrected chi connectivity index (χ2v) is 3.98. The minimum absolute atomic E-state index is 0.288. The minimum Gasteiger partial charge on any atom is -0.494 e. The predicted octanol–water partition coefficient (Wildman–Crippen LogP) is 1.98. The second-order valence-electron chi connectivity index (χ2n) is 3.98. The van der Waals surface area contributed by atoms with Gasteiger partial charge in [-0.1, -0.05) is 6.07 Å². The van der Waals surface area contributed by atoms with Crippen molar-refractivity contribution in [2.45, 2.75) is 26.4 Å². The van der Waals surface area contributed by atoms with Crippen molar-refractivity contribution < 1.29 is 14.6 Å². The molecule has 1 rings (SSSR count). The summed E-state index contributed by atoms with van der Waals surface area (Å²) in [4.78, 5) is 11.5. The Hall–Kier alpha value is -1.75. The molecule has 2 amide bonds. The molecule has 0 aliphatic heterocycles. The van der Waals surface area contributed by atoms with E-state index in [-0.39, 0.29) is 6.03 Å². The van der Waals surface area contributed by atoms with E-state index in [4.69, 9.17) is 9.84 Å². The first-order chi connectivity index (χ1) is 8.61. The number of ether oxygens (including phenoxy) is 1. The van der Waals surface area contributed by atoms with Crippen LogP contribution in [0.4, 0.5) is 10.5 Å². The van der Waals surface area contributed by atoms with E-state index in [1.165, 1.54) is 0 Å². The van der Waals surface area contributed by atoms with E-state index in [0.29, 0.717) is 25.3 Å². The van der Waals surface area contributed by atoms with E-state index in [1.807, 2.05) is 19.1 Å². The number of carbonyl (C=O) groups excluding carboxylic acids is 1. The molecule has 18 heavy (non-hydrogen) atoms.